The molecule has 0 unspecified atom stereocenters. The molecule has 1 aliphatic heterocycles. The maximum Gasteiger partial charge on any atom is 0.289 e. The Morgan fingerprint density at radius 3 is 2.41 bits per heavy atom. The van der Waals surface area contributed by atoms with Crippen molar-refractivity contribution in [3.8, 4) is 0 Å². The average Bonchev–Trinajstić information content (AvgIpc) is 3.00. The lowest BCUT2D eigenvalue weighted by molar-refractivity contribution is -0.125. The SMILES string of the molecule is CC(C)Cc1ccc([C@@H](C)NC(=O)c2cccc(CN3C(=O)CSC3=O)c2)cc1. The molecule has 1 fully saturated rings. The minimum Gasteiger partial charge on any atom is -0.346 e. The molecule has 1 saturated heterocycles. The Bertz CT molecular complexity index is 893. The molecule has 2 aromatic rings. The van der Waals surface area contributed by atoms with Crippen LogP contribution in [-0.2, 0) is 17.8 Å². The summed E-state index contributed by atoms with van der Waals surface area (Å²) in [5, 5.41) is 2.78. The number of carbonyl (C=O) groups is 3. The average molecular weight is 411 g/mol. The molecule has 5 nitrogen and oxygen atoms in total. The molecule has 0 aliphatic carbocycles. The van der Waals surface area contributed by atoms with Crippen LogP contribution in [0.2, 0.25) is 0 Å². The number of nitrogens with one attached hydrogen (secondary N) is 1. The second-order valence-electron chi connectivity index (χ2n) is 7.77. The number of rotatable bonds is 7. The maximum atomic E-state index is 12.7. The van der Waals surface area contributed by atoms with Crippen molar-refractivity contribution in [1.29, 1.82) is 0 Å². The van der Waals surface area contributed by atoms with E-state index in [1.165, 1.54) is 10.5 Å². The molecule has 2 aromatic carbocycles. The normalized spacial score (nSPS) is 15.1. The molecule has 29 heavy (non-hydrogen) atoms. The van der Waals surface area contributed by atoms with Gasteiger partial charge in [0.25, 0.3) is 11.1 Å². The summed E-state index contributed by atoms with van der Waals surface area (Å²) in [6.45, 7) is 6.54. The number of hydrogen-bond donors (Lipinski definition) is 1. The number of thioether (sulfide) groups is 1. The monoisotopic (exact) mass is 410 g/mol. The van der Waals surface area contributed by atoms with Gasteiger partial charge < -0.3 is 5.32 Å². The lowest BCUT2D eigenvalue weighted by Crippen LogP contribution is -2.29. The van der Waals surface area contributed by atoms with Gasteiger partial charge in [-0.15, -0.1) is 0 Å². The standard InChI is InChI=1S/C23H26N2O3S/c1-15(2)11-17-7-9-19(10-8-17)16(3)24-22(27)20-6-4-5-18(12-20)13-25-21(26)14-29-23(25)28/h4-10,12,15-16H,11,13-14H2,1-3H3,(H,24,27)/t16-/m1/s1. The van der Waals surface area contributed by atoms with Gasteiger partial charge in [0.2, 0.25) is 5.91 Å². The number of imide groups is 1. The number of nitrogens with zero attached hydrogens (tertiary/aromatic N) is 1. The summed E-state index contributed by atoms with van der Waals surface area (Å²) in [7, 11) is 0. The predicted molar refractivity (Wildman–Crippen MR) is 116 cm³/mol. The quantitative estimate of drug-likeness (QED) is 0.726. The van der Waals surface area contributed by atoms with Crippen molar-refractivity contribution in [2.24, 2.45) is 5.92 Å². The maximum absolute atomic E-state index is 12.7. The molecule has 1 atom stereocenters. The molecule has 0 aromatic heterocycles. The molecule has 152 valence electrons. The molecule has 3 rings (SSSR count). The van der Waals surface area contributed by atoms with E-state index in [0.717, 1.165) is 29.3 Å². The first kappa shape index (κ1) is 21.1. The van der Waals surface area contributed by atoms with E-state index in [9.17, 15) is 14.4 Å². The van der Waals surface area contributed by atoms with E-state index in [4.69, 9.17) is 0 Å². The Balaban J connectivity index is 1.64. The summed E-state index contributed by atoms with van der Waals surface area (Å²) in [4.78, 5) is 37.5. The second kappa shape index (κ2) is 9.27. The van der Waals surface area contributed by atoms with Gasteiger partial charge in [0.15, 0.2) is 0 Å². The zero-order chi connectivity index (χ0) is 21.0. The van der Waals surface area contributed by atoms with Crippen LogP contribution in [0.15, 0.2) is 48.5 Å². The van der Waals surface area contributed by atoms with Crippen LogP contribution in [0.5, 0.6) is 0 Å². The van der Waals surface area contributed by atoms with Gasteiger partial charge in [-0.1, -0.05) is 62.0 Å². The van der Waals surface area contributed by atoms with E-state index in [2.05, 4.69) is 43.4 Å². The van der Waals surface area contributed by atoms with Crippen LogP contribution in [0.1, 0.15) is 53.9 Å². The zero-order valence-corrected chi connectivity index (χ0v) is 17.8. The lowest BCUT2D eigenvalue weighted by Gasteiger charge is -2.16. The highest BCUT2D eigenvalue weighted by atomic mass is 32.2. The zero-order valence-electron chi connectivity index (χ0n) is 17.0. The van der Waals surface area contributed by atoms with Crippen LogP contribution in [0, 0.1) is 5.92 Å². The van der Waals surface area contributed by atoms with Crippen LogP contribution >= 0.6 is 11.8 Å². The molecule has 6 heteroatoms. The van der Waals surface area contributed by atoms with E-state index in [-0.39, 0.29) is 35.4 Å². The Kier molecular flexibility index (Phi) is 6.75. The Labute approximate surface area is 175 Å². The Morgan fingerprint density at radius 1 is 1.07 bits per heavy atom. The van der Waals surface area contributed by atoms with Crippen LogP contribution in [0.25, 0.3) is 0 Å². The first-order valence-corrected chi connectivity index (χ1v) is 10.8. The highest BCUT2D eigenvalue weighted by Gasteiger charge is 2.29. The third-order valence-electron chi connectivity index (χ3n) is 4.84. The van der Waals surface area contributed by atoms with Crippen molar-refractivity contribution in [2.45, 2.75) is 39.8 Å². The first-order valence-electron chi connectivity index (χ1n) is 9.79. The molecule has 0 bridgehead atoms. The van der Waals surface area contributed by atoms with E-state index in [1.807, 2.05) is 13.0 Å². The van der Waals surface area contributed by atoms with E-state index in [1.54, 1.807) is 18.2 Å². The molecule has 1 N–H and O–H groups in total. The van der Waals surface area contributed by atoms with Crippen LogP contribution in [0.3, 0.4) is 0 Å². The van der Waals surface area contributed by atoms with E-state index in [0.29, 0.717) is 11.5 Å². The minimum atomic E-state index is -0.237. The van der Waals surface area contributed by atoms with Crippen molar-refractivity contribution < 1.29 is 14.4 Å². The molecule has 0 spiro atoms. The third kappa shape index (κ3) is 5.48. The largest absolute Gasteiger partial charge is 0.346 e. The highest BCUT2D eigenvalue weighted by molar-refractivity contribution is 8.14. The fraction of sp³-hybridized carbons (Fsp3) is 0.348. The van der Waals surface area contributed by atoms with Gasteiger partial charge >= 0.3 is 0 Å². The Hall–Kier alpha value is -2.60. The van der Waals surface area contributed by atoms with Gasteiger partial charge in [-0.05, 0) is 48.1 Å². The van der Waals surface area contributed by atoms with Crippen molar-refractivity contribution in [1.82, 2.24) is 10.2 Å². The second-order valence-corrected chi connectivity index (χ2v) is 8.70. The minimum absolute atomic E-state index is 0.127. The van der Waals surface area contributed by atoms with Crippen molar-refractivity contribution in [3.05, 3.63) is 70.8 Å². The summed E-state index contributed by atoms with van der Waals surface area (Å²) >= 11 is 1.01. The Morgan fingerprint density at radius 2 is 1.79 bits per heavy atom. The van der Waals surface area contributed by atoms with Crippen molar-refractivity contribution >= 4 is 28.8 Å². The summed E-state index contributed by atoms with van der Waals surface area (Å²) in [6.07, 6.45) is 1.04. The fourth-order valence-corrected chi connectivity index (χ4v) is 4.03. The number of carbonyl (C=O) groups excluding carboxylic acids is 3. The summed E-state index contributed by atoms with van der Waals surface area (Å²) in [5.74, 6) is 0.422. The predicted octanol–water partition coefficient (Wildman–Crippen LogP) is 4.57. The van der Waals surface area contributed by atoms with Gasteiger partial charge in [0.05, 0.1) is 18.3 Å². The smallest absolute Gasteiger partial charge is 0.289 e. The molecular formula is C23H26N2O3S. The van der Waals surface area contributed by atoms with Gasteiger partial charge in [-0.25, -0.2) is 0 Å². The number of benzene rings is 2. The molecule has 3 amide bonds. The van der Waals surface area contributed by atoms with Crippen LogP contribution < -0.4 is 5.32 Å². The van der Waals surface area contributed by atoms with Crippen LogP contribution in [0.4, 0.5) is 4.79 Å². The topological polar surface area (TPSA) is 66.5 Å². The number of hydrogen-bond acceptors (Lipinski definition) is 4. The van der Waals surface area contributed by atoms with E-state index >= 15 is 0 Å². The van der Waals surface area contributed by atoms with Gasteiger partial charge in [-0.2, -0.15) is 0 Å². The van der Waals surface area contributed by atoms with Gasteiger partial charge in [-0.3, -0.25) is 19.3 Å². The molecule has 0 saturated carbocycles. The molecule has 1 heterocycles. The van der Waals surface area contributed by atoms with Crippen molar-refractivity contribution in [3.63, 3.8) is 0 Å². The van der Waals surface area contributed by atoms with Crippen LogP contribution in [-0.4, -0.2) is 27.7 Å². The fourth-order valence-electron chi connectivity index (χ4n) is 3.30. The van der Waals surface area contributed by atoms with Gasteiger partial charge in [0.1, 0.15) is 0 Å². The van der Waals surface area contributed by atoms with Crippen molar-refractivity contribution in [2.75, 3.05) is 5.75 Å². The lowest BCUT2D eigenvalue weighted by atomic mass is 10.00. The highest BCUT2D eigenvalue weighted by Crippen LogP contribution is 2.22. The van der Waals surface area contributed by atoms with E-state index < -0.39 is 0 Å². The molecule has 1 aliphatic rings. The molecular weight excluding hydrogens is 384 g/mol. The summed E-state index contributed by atoms with van der Waals surface area (Å²) in [6, 6.07) is 15.3. The number of amides is 3. The summed E-state index contributed by atoms with van der Waals surface area (Å²) in [5.41, 5.74) is 3.61. The third-order valence-corrected chi connectivity index (χ3v) is 5.70. The summed E-state index contributed by atoms with van der Waals surface area (Å²) < 4.78 is 0. The van der Waals surface area contributed by atoms with Gasteiger partial charge in [0, 0.05) is 5.56 Å². The molecule has 0 radical (unpaired) electrons. The first-order chi connectivity index (χ1) is 13.8.